The molecule has 5 heteroatoms. The number of guanidine groups is 1. The Balaban J connectivity index is 1.71. The molecule has 0 amide bonds. The lowest BCUT2D eigenvalue weighted by Crippen LogP contribution is -2.38. The third kappa shape index (κ3) is 6.87. The number of piperidine rings is 1. The van der Waals surface area contributed by atoms with E-state index in [1.807, 2.05) is 6.07 Å². The molecule has 1 aliphatic rings. The highest BCUT2D eigenvalue weighted by Crippen LogP contribution is 2.19. The van der Waals surface area contributed by atoms with Crippen molar-refractivity contribution in [3.05, 3.63) is 35.6 Å². The van der Waals surface area contributed by atoms with Crippen molar-refractivity contribution in [2.24, 2.45) is 10.9 Å². The van der Waals surface area contributed by atoms with Gasteiger partial charge in [0.1, 0.15) is 5.82 Å². The predicted octanol–water partition coefficient (Wildman–Crippen LogP) is 2.66. The Morgan fingerprint density at radius 2 is 2.08 bits per heavy atom. The number of hydrogen-bond acceptors (Lipinski definition) is 2. The van der Waals surface area contributed by atoms with Crippen molar-refractivity contribution in [2.45, 2.75) is 32.6 Å². The summed E-state index contributed by atoms with van der Waals surface area (Å²) < 4.78 is 13.2. The minimum Gasteiger partial charge on any atom is -0.357 e. The lowest BCUT2D eigenvalue weighted by atomic mass is 9.94. The van der Waals surface area contributed by atoms with E-state index in [9.17, 15) is 4.39 Å². The molecule has 0 saturated carbocycles. The first-order chi connectivity index (χ1) is 11.7. The Kier molecular flexibility index (Phi) is 8.02. The zero-order valence-corrected chi connectivity index (χ0v) is 15.0. The molecule has 0 bridgehead atoms. The summed E-state index contributed by atoms with van der Waals surface area (Å²) in [6.45, 7) is 6.95. The molecule has 0 unspecified atom stereocenters. The summed E-state index contributed by atoms with van der Waals surface area (Å²) in [5, 5.41) is 6.62. The van der Waals surface area contributed by atoms with Crippen LogP contribution in [0.25, 0.3) is 0 Å². The van der Waals surface area contributed by atoms with Crippen LogP contribution in [0.1, 0.15) is 31.7 Å². The van der Waals surface area contributed by atoms with Gasteiger partial charge >= 0.3 is 0 Å². The maximum atomic E-state index is 13.2. The van der Waals surface area contributed by atoms with Gasteiger partial charge in [0, 0.05) is 19.6 Å². The van der Waals surface area contributed by atoms with Gasteiger partial charge in [-0.05, 0) is 76.4 Å². The molecule has 0 radical (unpaired) electrons. The molecule has 134 valence electrons. The van der Waals surface area contributed by atoms with E-state index in [4.69, 9.17) is 0 Å². The van der Waals surface area contributed by atoms with E-state index >= 15 is 0 Å². The number of benzene rings is 1. The molecule has 1 aromatic rings. The highest BCUT2D eigenvalue weighted by molar-refractivity contribution is 5.79. The summed E-state index contributed by atoms with van der Waals surface area (Å²) in [6.07, 6.45) is 4.52. The lowest BCUT2D eigenvalue weighted by molar-refractivity contribution is 0.214. The van der Waals surface area contributed by atoms with Gasteiger partial charge in [-0.1, -0.05) is 12.1 Å². The Labute approximate surface area is 145 Å². The van der Waals surface area contributed by atoms with Crippen LogP contribution < -0.4 is 10.6 Å². The van der Waals surface area contributed by atoms with Gasteiger partial charge < -0.3 is 15.5 Å². The zero-order chi connectivity index (χ0) is 17.2. The van der Waals surface area contributed by atoms with Crippen LogP contribution in [0.3, 0.4) is 0 Å². The van der Waals surface area contributed by atoms with Crippen LogP contribution in [0.5, 0.6) is 0 Å². The summed E-state index contributed by atoms with van der Waals surface area (Å²) in [6, 6.07) is 6.78. The molecule has 0 spiro atoms. The van der Waals surface area contributed by atoms with Crippen molar-refractivity contribution >= 4 is 5.96 Å². The molecule has 1 heterocycles. The predicted molar refractivity (Wildman–Crippen MR) is 98.9 cm³/mol. The van der Waals surface area contributed by atoms with Crippen molar-refractivity contribution in [3.63, 3.8) is 0 Å². The van der Waals surface area contributed by atoms with Crippen LogP contribution in [0.2, 0.25) is 0 Å². The Morgan fingerprint density at radius 3 is 2.79 bits per heavy atom. The van der Waals surface area contributed by atoms with Gasteiger partial charge in [-0.15, -0.1) is 0 Å². The SMILES string of the molecule is CCNC(=NCCC1CCN(C)CC1)NCCc1cccc(F)c1. The average Bonchev–Trinajstić information content (AvgIpc) is 2.57. The van der Waals surface area contributed by atoms with Crippen LogP contribution >= 0.6 is 0 Å². The summed E-state index contributed by atoms with van der Waals surface area (Å²) in [7, 11) is 2.19. The average molecular weight is 334 g/mol. The number of hydrogen-bond donors (Lipinski definition) is 2. The molecule has 2 N–H and O–H groups in total. The topological polar surface area (TPSA) is 39.7 Å². The van der Waals surface area contributed by atoms with E-state index in [0.717, 1.165) is 49.9 Å². The van der Waals surface area contributed by atoms with Gasteiger partial charge in [0.25, 0.3) is 0 Å². The smallest absolute Gasteiger partial charge is 0.191 e. The molecule has 0 atom stereocenters. The van der Waals surface area contributed by atoms with Gasteiger partial charge in [0.2, 0.25) is 0 Å². The fourth-order valence-electron chi connectivity index (χ4n) is 3.07. The number of rotatable bonds is 7. The van der Waals surface area contributed by atoms with E-state index in [0.29, 0.717) is 0 Å². The van der Waals surface area contributed by atoms with Crippen LogP contribution in [-0.4, -0.2) is 50.6 Å². The first kappa shape index (κ1) is 18.7. The largest absolute Gasteiger partial charge is 0.357 e. The zero-order valence-electron chi connectivity index (χ0n) is 15.0. The number of nitrogens with one attached hydrogen (secondary N) is 2. The first-order valence-corrected chi connectivity index (χ1v) is 9.12. The molecule has 4 nitrogen and oxygen atoms in total. The third-order valence-electron chi connectivity index (χ3n) is 4.58. The molecule has 1 aliphatic heterocycles. The Bertz CT molecular complexity index is 510. The highest BCUT2D eigenvalue weighted by atomic mass is 19.1. The van der Waals surface area contributed by atoms with Gasteiger partial charge in [-0.25, -0.2) is 4.39 Å². The van der Waals surface area contributed by atoms with E-state index in [-0.39, 0.29) is 5.82 Å². The van der Waals surface area contributed by atoms with Gasteiger partial charge in [-0.3, -0.25) is 4.99 Å². The maximum absolute atomic E-state index is 13.2. The van der Waals surface area contributed by atoms with Crippen LogP contribution in [0.4, 0.5) is 4.39 Å². The monoisotopic (exact) mass is 334 g/mol. The second-order valence-corrected chi connectivity index (χ2v) is 6.60. The van der Waals surface area contributed by atoms with Gasteiger partial charge in [0.05, 0.1) is 0 Å². The molecule has 2 rings (SSSR count). The molecule has 1 aromatic carbocycles. The molecule has 0 aromatic heterocycles. The van der Waals surface area contributed by atoms with Crippen molar-refractivity contribution in [3.8, 4) is 0 Å². The summed E-state index contributed by atoms with van der Waals surface area (Å²) in [4.78, 5) is 7.08. The molecule has 1 saturated heterocycles. The maximum Gasteiger partial charge on any atom is 0.191 e. The van der Waals surface area contributed by atoms with Crippen LogP contribution in [-0.2, 0) is 6.42 Å². The standard InChI is InChI=1S/C19H31FN4/c1-3-21-19(22-11-7-16-9-13-24(2)14-10-16)23-12-8-17-5-4-6-18(20)15-17/h4-6,15-16H,3,7-14H2,1-2H3,(H2,21,22,23). The minimum absolute atomic E-state index is 0.175. The minimum atomic E-state index is -0.175. The van der Waals surface area contributed by atoms with E-state index < -0.39 is 0 Å². The molecule has 0 aliphatic carbocycles. The van der Waals surface area contributed by atoms with Crippen molar-refractivity contribution in [2.75, 3.05) is 39.8 Å². The second kappa shape index (κ2) is 10.3. The fraction of sp³-hybridized carbons (Fsp3) is 0.632. The number of likely N-dealkylation sites (tertiary alicyclic amines) is 1. The Morgan fingerprint density at radius 1 is 1.29 bits per heavy atom. The van der Waals surface area contributed by atoms with Crippen LogP contribution in [0.15, 0.2) is 29.3 Å². The van der Waals surface area contributed by atoms with E-state index in [2.05, 4.69) is 34.5 Å². The quantitative estimate of drug-likeness (QED) is 0.595. The third-order valence-corrected chi connectivity index (χ3v) is 4.58. The molecular formula is C19H31FN4. The molecule has 1 fully saturated rings. The summed E-state index contributed by atoms with van der Waals surface area (Å²) in [5.74, 6) is 1.49. The lowest BCUT2D eigenvalue weighted by Gasteiger charge is -2.28. The van der Waals surface area contributed by atoms with Gasteiger partial charge in [0.15, 0.2) is 5.96 Å². The molecule has 24 heavy (non-hydrogen) atoms. The second-order valence-electron chi connectivity index (χ2n) is 6.60. The van der Waals surface area contributed by atoms with Crippen molar-refractivity contribution < 1.29 is 4.39 Å². The van der Waals surface area contributed by atoms with E-state index in [1.165, 1.54) is 32.0 Å². The van der Waals surface area contributed by atoms with Crippen LogP contribution in [0, 0.1) is 11.7 Å². The molecular weight excluding hydrogens is 303 g/mol. The van der Waals surface area contributed by atoms with Gasteiger partial charge in [-0.2, -0.15) is 0 Å². The number of nitrogens with zero attached hydrogens (tertiary/aromatic N) is 2. The first-order valence-electron chi connectivity index (χ1n) is 9.12. The number of halogens is 1. The fourth-order valence-corrected chi connectivity index (χ4v) is 3.07. The summed E-state index contributed by atoms with van der Waals surface area (Å²) in [5.41, 5.74) is 1.00. The Hall–Kier alpha value is -1.62. The summed E-state index contributed by atoms with van der Waals surface area (Å²) >= 11 is 0. The highest BCUT2D eigenvalue weighted by Gasteiger charge is 2.15. The van der Waals surface area contributed by atoms with Crippen molar-refractivity contribution in [1.29, 1.82) is 0 Å². The van der Waals surface area contributed by atoms with Crippen molar-refractivity contribution in [1.82, 2.24) is 15.5 Å². The number of aliphatic imine (C=N–C) groups is 1. The normalized spacial score (nSPS) is 17.0. The van der Waals surface area contributed by atoms with E-state index in [1.54, 1.807) is 12.1 Å².